The lowest BCUT2D eigenvalue weighted by atomic mass is 10.00. The number of rotatable bonds is 2. The first-order chi connectivity index (χ1) is 12.1. The molecule has 138 valence electrons. The fourth-order valence-corrected chi connectivity index (χ4v) is 4.17. The Morgan fingerprint density at radius 1 is 0.885 bits per heavy atom. The Labute approximate surface area is 174 Å². The van der Waals surface area contributed by atoms with E-state index in [1.54, 1.807) is 0 Å². The summed E-state index contributed by atoms with van der Waals surface area (Å²) in [7, 11) is 0. The molecule has 0 aromatic heterocycles. The molecule has 1 unspecified atom stereocenters. The molecule has 0 spiro atoms. The van der Waals surface area contributed by atoms with Gasteiger partial charge in [-0.05, 0) is 55.7 Å². The number of halogens is 3. The fraction of sp³-hybridized carbons (Fsp3) is 0.350. The summed E-state index contributed by atoms with van der Waals surface area (Å²) < 4.78 is 2.33. The second-order valence-corrected chi connectivity index (χ2v) is 7.66. The van der Waals surface area contributed by atoms with E-state index in [2.05, 4.69) is 9.48 Å². The van der Waals surface area contributed by atoms with Crippen molar-refractivity contribution in [1.82, 2.24) is 0 Å². The van der Waals surface area contributed by atoms with Gasteiger partial charge in [0, 0.05) is 22.0 Å². The van der Waals surface area contributed by atoms with Crippen LogP contribution in [0.4, 0.5) is 5.69 Å². The number of hydrogen-bond donors (Lipinski definition) is 1. The van der Waals surface area contributed by atoms with E-state index in [9.17, 15) is 5.11 Å². The van der Waals surface area contributed by atoms with Crippen LogP contribution in [0.1, 0.15) is 31.2 Å². The Kier molecular flexibility index (Phi) is 5.97. The molecule has 2 heterocycles. The third kappa shape index (κ3) is 3.53. The largest absolute Gasteiger partial charge is 0.346 e. The molecule has 0 bridgehead atoms. The van der Waals surface area contributed by atoms with Crippen LogP contribution in [-0.2, 0) is 5.72 Å². The van der Waals surface area contributed by atoms with Crippen molar-refractivity contribution in [2.75, 3.05) is 18.0 Å². The highest BCUT2D eigenvalue weighted by molar-refractivity contribution is 8.93. The topological polar surface area (TPSA) is 26.5 Å². The van der Waals surface area contributed by atoms with E-state index < -0.39 is 5.72 Å². The fourth-order valence-electron chi connectivity index (χ4n) is 3.91. The zero-order valence-electron chi connectivity index (χ0n) is 14.4. The van der Waals surface area contributed by atoms with Crippen LogP contribution in [0, 0.1) is 0 Å². The van der Waals surface area contributed by atoms with Crippen molar-refractivity contribution < 1.29 is 9.68 Å². The summed E-state index contributed by atoms with van der Waals surface area (Å²) in [6.45, 7) is 1.54. The number of amidine groups is 1. The lowest BCUT2D eigenvalue weighted by molar-refractivity contribution is -0.534. The standard InChI is InChI=1S/C20H21Cl2N2O.BrH/c21-16-7-5-15(6-8-16)20(25)14-23-13-3-1-2-4-19(23)24(20)18-11-9-17(22)10-12-18;/h5-12,25H,1-4,13-14H2;1H/q+1;. The summed E-state index contributed by atoms with van der Waals surface area (Å²) in [4.78, 5) is 2.08. The van der Waals surface area contributed by atoms with Crippen molar-refractivity contribution in [3.05, 3.63) is 64.1 Å². The first kappa shape index (κ1) is 19.7. The van der Waals surface area contributed by atoms with E-state index in [0.717, 1.165) is 37.1 Å². The van der Waals surface area contributed by atoms with Crippen LogP contribution in [0.3, 0.4) is 0 Å². The van der Waals surface area contributed by atoms with Gasteiger partial charge in [-0.15, -0.1) is 17.0 Å². The van der Waals surface area contributed by atoms with Crippen molar-refractivity contribution >= 4 is 51.7 Å². The van der Waals surface area contributed by atoms with Crippen molar-refractivity contribution in [3.8, 4) is 0 Å². The average Bonchev–Trinajstić information content (AvgIpc) is 2.74. The van der Waals surface area contributed by atoms with Gasteiger partial charge in [0.05, 0.1) is 6.54 Å². The minimum absolute atomic E-state index is 0. The van der Waals surface area contributed by atoms with Gasteiger partial charge in [0.2, 0.25) is 0 Å². The molecule has 0 radical (unpaired) electrons. The van der Waals surface area contributed by atoms with Crippen LogP contribution in [-0.4, -0.2) is 28.6 Å². The van der Waals surface area contributed by atoms with E-state index in [4.69, 9.17) is 23.2 Å². The van der Waals surface area contributed by atoms with Crippen molar-refractivity contribution in [3.63, 3.8) is 0 Å². The summed E-state index contributed by atoms with van der Waals surface area (Å²) in [6, 6.07) is 15.2. The van der Waals surface area contributed by atoms with Crippen molar-refractivity contribution in [1.29, 1.82) is 0 Å². The maximum atomic E-state index is 11.7. The van der Waals surface area contributed by atoms with Crippen LogP contribution in [0.2, 0.25) is 10.0 Å². The first-order valence-electron chi connectivity index (χ1n) is 8.73. The second-order valence-electron chi connectivity index (χ2n) is 6.78. The van der Waals surface area contributed by atoms with Gasteiger partial charge in [0.15, 0.2) is 6.54 Å². The Balaban J connectivity index is 0.00000196. The monoisotopic (exact) mass is 455 g/mol. The van der Waals surface area contributed by atoms with Crippen molar-refractivity contribution in [2.24, 2.45) is 0 Å². The van der Waals surface area contributed by atoms with Crippen molar-refractivity contribution in [2.45, 2.75) is 31.4 Å². The lowest BCUT2D eigenvalue weighted by Crippen LogP contribution is -2.47. The molecule has 2 aromatic carbocycles. The average molecular weight is 457 g/mol. The van der Waals surface area contributed by atoms with E-state index in [0.29, 0.717) is 16.6 Å². The minimum atomic E-state index is -1.11. The summed E-state index contributed by atoms with van der Waals surface area (Å²) in [5, 5.41) is 13.1. The number of benzene rings is 2. The van der Waals surface area contributed by atoms with Gasteiger partial charge in [-0.3, -0.25) is 4.58 Å². The molecule has 26 heavy (non-hydrogen) atoms. The second kappa shape index (κ2) is 7.89. The quantitative estimate of drug-likeness (QED) is 0.627. The van der Waals surface area contributed by atoms with Gasteiger partial charge < -0.3 is 5.11 Å². The Morgan fingerprint density at radius 2 is 1.50 bits per heavy atom. The molecular formula is C20H22BrCl2N2O+. The van der Waals surface area contributed by atoms with Crippen LogP contribution < -0.4 is 4.90 Å². The van der Waals surface area contributed by atoms with E-state index in [1.165, 1.54) is 12.3 Å². The predicted molar refractivity (Wildman–Crippen MR) is 113 cm³/mol. The summed E-state index contributed by atoms with van der Waals surface area (Å²) in [6.07, 6.45) is 4.51. The van der Waals surface area contributed by atoms with Crippen LogP contribution in [0.15, 0.2) is 48.5 Å². The molecule has 0 saturated carbocycles. The molecule has 0 amide bonds. The molecule has 1 atom stereocenters. The molecule has 0 saturated heterocycles. The molecule has 0 fully saturated rings. The highest BCUT2D eigenvalue weighted by atomic mass is 79.9. The molecule has 3 nitrogen and oxygen atoms in total. The van der Waals surface area contributed by atoms with Gasteiger partial charge in [-0.2, -0.15) is 4.90 Å². The van der Waals surface area contributed by atoms with Gasteiger partial charge in [0.25, 0.3) is 11.6 Å². The highest BCUT2D eigenvalue weighted by Crippen LogP contribution is 2.38. The molecule has 2 aliphatic heterocycles. The molecule has 0 aliphatic carbocycles. The van der Waals surface area contributed by atoms with E-state index >= 15 is 0 Å². The van der Waals surface area contributed by atoms with Crippen LogP contribution in [0.25, 0.3) is 0 Å². The summed E-state index contributed by atoms with van der Waals surface area (Å²) in [5.74, 6) is 1.19. The summed E-state index contributed by atoms with van der Waals surface area (Å²) in [5.41, 5.74) is 0.708. The SMILES string of the molecule is Br.OC1(c2ccc(Cl)cc2)C[N+]2=C(CCCCC2)N1c1ccc(Cl)cc1. The smallest absolute Gasteiger partial charge is 0.275 e. The molecule has 6 heteroatoms. The Bertz CT molecular complexity index is 808. The first-order valence-corrected chi connectivity index (χ1v) is 9.48. The third-order valence-corrected chi connectivity index (χ3v) is 5.63. The van der Waals surface area contributed by atoms with Crippen LogP contribution >= 0.6 is 40.2 Å². The van der Waals surface area contributed by atoms with Gasteiger partial charge in [-0.1, -0.05) is 35.3 Å². The van der Waals surface area contributed by atoms with Gasteiger partial charge in [0.1, 0.15) is 5.69 Å². The maximum absolute atomic E-state index is 11.7. The van der Waals surface area contributed by atoms with Crippen LogP contribution in [0.5, 0.6) is 0 Å². The number of aliphatic hydroxyl groups is 1. The van der Waals surface area contributed by atoms with E-state index in [1.807, 2.05) is 48.5 Å². The molecule has 2 aliphatic rings. The Morgan fingerprint density at radius 3 is 2.15 bits per heavy atom. The Hall–Kier alpha value is -1.07. The van der Waals surface area contributed by atoms with Gasteiger partial charge in [-0.25, -0.2) is 0 Å². The molecule has 2 aromatic rings. The zero-order valence-corrected chi connectivity index (χ0v) is 17.6. The highest BCUT2D eigenvalue weighted by Gasteiger charge is 2.53. The number of hydrogen-bond acceptors (Lipinski definition) is 2. The third-order valence-electron chi connectivity index (χ3n) is 5.12. The number of anilines is 1. The summed E-state index contributed by atoms with van der Waals surface area (Å²) >= 11 is 12.1. The number of nitrogens with zero attached hydrogens (tertiary/aromatic N) is 2. The molecular weight excluding hydrogens is 435 g/mol. The predicted octanol–water partition coefficient (Wildman–Crippen LogP) is 5.22. The molecule has 1 N–H and O–H groups in total. The lowest BCUT2D eigenvalue weighted by Gasteiger charge is -2.29. The van der Waals surface area contributed by atoms with Gasteiger partial charge >= 0.3 is 0 Å². The normalized spacial score (nSPS) is 22.7. The van der Waals surface area contributed by atoms with E-state index in [-0.39, 0.29) is 17.0 Å². The minimum Gasteiger partial charge on any atom is -0.346 e. The maximum Gasteiger partial charge on any atom is 0.275 e. The zero-order chi connectivity index (χ0) is 17.4. The molecule has 4 rings (SSSR count).